The van der Waals surface area contributed by atoms with Gasteiger partial charge in [0.1, 0.15) is 0 Å². The Bertz CT molecular complexity index is 489. The number of carbonyl (C=O) groups excluding carboxylic acids is 1. The van der Waals surface area contributed by atoms with E-state index in [0.717, 1.165) is 22.6 Å². The van der Waals surface area contributed by atoms with Crippen LogP contribution in [0.1, 0.15) is 47.2 Å². The van der Waals surface area contributed by atoms with Gasteiger partial charge in [-0.3, -0.25) is 4.79 Å². The highest BCUT2D eigenvalue weighted by atomic mass is 32.1. The van der Waals surface area contributed by atoms with Crippen molar-refractivity contribution in [3.63, 3.8) is 0 Å². The lowest BCUT2D eigenvalue weighted by Gasteiger charge is -2.24. The molecular formula is C14H18N2OS. The summed E-state index contributed by atoms with van der Waals surface area (Å²) in [6, 6.07) is 3.71. The first-order valence-corrected chi connectivity index (χ1v) is 7.06. The van der Waals surface area contributed by atoms with Crippen LogP contribution in [0.5, 0.6) is 0 Å². The van der Waals surface area contributed by atoms with Gasteiger partial charge in [0.05, 0.1) is 16.3 Å². The Labute approximate surface area is 112 Å². The minimum Gasteiger partial charge on any atom is -0.346 e. The van der Waals surface area contributed by atoms with Gasteiger partial charge in [-0.15, -0.1) is 11.3 Å². The minimum atomic E-state index is -0.0236. The van der Waals surface area contributed by atoms with E-state index in [-0.39, 0.29) is 11.4 Å². The maximum Gasteiger partial charge on any atom is 0.261 e. The minimum absolute atomic E-state index is 0.0187. The normalized spacial score (nSPS) is 17.0. The number of nitrogens with one attached hydrogen (secondary N) is 1. The number of rotatable bonds is 2. The second-order valence-electron chi connectivity index (χ2n) is 4.89. The predicted octanol–water partition coefficient (Wildman–Crippen LogP) is 2.12. The van der Waals surface area contributed by atoms with Gasteiger partial charge < -0.3 is 11.1 Å². The molecule has 3 nitrogen and oxygen atoms in total. The molecule has 1 aliphatic carbocycles. The lowest BCUT2D eigenvalue weighted by molar-refractivity contribution is 0.0912. The van der Waals surface area contributed by atoms with E-state index in [1.54, 1.807) is 0 Å². The summed E-state index contributed by atoms with van der Waals surface area (Å²) in [6.45, 7) is 2.47. The highest BCUT2D eigenvalue weighted by Gasteiger charge is 2.30. The molecule has 4 heteroatoms. The third-order valence-electron chi connectivity index (χ3n) is 3.27. The zero-order valence-corrected chi connectivity index (χ0v) is 11.4. The monoisotopic (exact) mass is 262 g/mol. The molecule has 1 saturated carbocycles. The Morgan fingerprint density at radius 2 is 2.22 bits per heavy atom. The van der Waals surface area contributed by atoms with Crippen LogP contribution in [0.25, 0.3) is 0 Å². The second kappa shape index (κ2) is 5.55. The second-order valence-corrected chi connectivity index (χ2v) is 5.98. The maximum atomic E-state index is 12.1. The molecule has 2 rings (SSSR count). The van der Waals surface area contributed by atoms with Gasteiger partial charge in [-0.1, -0.05) is 24.7 Å². The van der Waals surface area contributed by atoms with Gasteiger partial charge in [-0.25, -0.2) is 0 Å². The van der Waals surface area contributed by atoms with Gasteiger partial charge in [-0.2, -0.15) is 0 Å². The Morgan fingerprint density at radius 1 is 1.50 bits per heavy atom. The van der Waals surface area contributed by atoms with Crippen LogP contribution < -0.4 is 11.1 Å². The zero-order valence-electron chi connectivity index (χ0n) is 10.6. The van der Waals surface area contributed by atoms with Crippen molar-refractivity contribution in [2.24, 2.45) is 5.73 Å². The van der Waals surface area contributed by atoms with Crippen LogP contribution in [0.15, 0.2) is 12.1 Å². The molecule has 0 atom stereocenters. The van der Waals surface area contributed by atoms with E-state index in [9.17, 15) is 4.79 Å². The van der Waals surface area contributed by atoms with Gasteiger partial charge >= 0.3 is 0 Å². The Kier molecular flexibility index (Phi) is 4.05. The SMILES string of the molecule is CC1(NC(=O)c2ccc(C#CCN)s2)CCCC1. The molecule has 1 fully saturated rings. The van der Waals surface area contributed by atoms with E-state index in [0.29, 0.717) is 6.54 Å². The van der Waals surface area contributed by atoms with Crippen molar-refractivity contribution in [1.82, 2.24) is 5.32 Å². The third-order valence-corrected chi connectivity index (χ3v) is 4.27. The lowest BCUT2D eigenvalue weighted by Crippen LogP contribution is -2.43. The van der Waals surface area contributed by atoms with E-state index in [2.05, 4.69) is 24.1 Å². The standard InChI is InChI=1S/C14H18N2OS/c1-14(8-2-3-9-14)16-13(17)12-7-6-11(18-12)5-4-10-15/h6-7H,2-3,8-10,15H2,1H3,(H,16,17). The van der Waals surface area contributed by atoms with Gasteiger partial charge in [0.25, 0.3) is 5.91 Å². The van der Waals surface area contributed by atoms with Crippen LogP contribution in [-0.4, -0.2) is 18.0 Å². The number of amides is 1. The third kappa shape index (κ3) is 3.12. The molecule has 96 valence electrons. The number of nitrogens with two attached hydrogens (primary N) is 1. The molecule has 18 heavy (non-hydrogen) atoms. The summed E-state index contributed by atoms with van der Waals surface area (Å²) in [7, 11) is 0. The van der Waals surface area contributed by atoms with Crippen LogP contribution >= 0.6 is 11.3 Å². The number of hydrogen-bond acceptors (Lipinski definition) is 3. The van der Waals surface area contributed by atoms with Crippen LogP contribution in [0.2, 0.25) is 0 Å². The van der Waals surface area contributed by atoms with Gasteiger partial charge in [0.2, 0.25) is 0 Å². The molecule has 0 spiro atoms. The molecule has 1 aromatic heterocycles. The van der Waals surface area contributed by atoms with E-state index in [1.807, 2.05) is 12.1 Å². The highest BCUT2D eigenvalue weighted by Crippen LogP contribution is 2.29. The maximum absolute atomic E-state index is 12.1. The van der Waals surface area contributed by atoms with E-state index in [1.165, 1.54) is 24.2 Å². The van der Waals surface area contributed by atoms with Crippen molar-refractivity contribution in [1.29, 1.82) is 0 Å². The van der Waals surface area contributed by atoms with Crippen molar-refractivity contribution in [3.05, 3.63) is 21.9 Å². The van der Waals surface area contributed by atoms with Crippen LogP contribution in [0, 0.1) is 11.8 Å². The fraction of sp³-hybridized carbons (Fsp3) is 0.500. The average Bonchev–Trinajstić information content (AvgIpc) is 2.95. The first-order chi connectivity index (χ1) is 8.63. The Morgan fingerprint density at radius 3 is 2.89 bits per heavy atom. The zero-order chi connectivity index (χ0) is 13.0. The van der Waals surface area contributed by atoms with Gasteiger partial charge in [0.15, 0.2) is 0 Å². The van der Waals surface area contributed by atoms with E-state index < -0.39 is 0 Å². The topological polar surface area (TPSA) is 55.1 Å². The van der Waals surface area contributed by atoms with E-state index in [4.69, 9.17) is 5.73 Å². The number of hydrogen-bond donors (Lipinski definition) is 2. The predicted molar refractivity (Wildman–Crippen MR) is 74.6 cm³/mol. The summed E-state index contributed by atoms with van der Waals surface area (Å²) in [5, 5.41) is 3.14. The van der Waals surface area contributed by atoms with Crippen molar-refractivity contribution in [2.75, 3.05) is 6.54 Å². The summed E-state index contributed by atoms with van der Waals surface area (Å²) < 4.78 is 0. The first-order valence-electron chi connectivity index (χ1n) is 6.24. The summed E-state index contributed by atoms with van der Waals surface area (Å²) >= 11 is 1.42. The molecule has 3 N–H and O–H groups in total. The van der Waals surface area contributed by atoms with Crippen molar-refractivity contribution < 1.29 is 4.79 Å². The largest absolute Gasteiger partial charge is 0.346 e. The lowest BCUT2D eigenvalue weighted by atomic mass is 10.0. The van der Waals surface area contributed by atoms with Crippen molar-refractivity contribution >= 4 is 17.2 Å². The molecule has 1 amide bonds. The molecule has 0 radical (unpaired) electrons. The molecule has 0 unspecified atom stereocenters. The molecular weight excluding hydrogens is 244 g/mol. The summed E-state index contributed by atoms with van der Waals surface area (Å²) in [5.74, 6) is 5.76. The molecule has 1 aromatic rings. The summed E-state index contributed by atoms with van der Waals surface area (Å²) in [6.07, 6.45) is 4.55. The summed E-state index contributed by atoms with van der Waals surface area (Å²) in [5.41, 5.74) is 5.30. The molecule has 1 heterocycles. The van der Waals surface area contributed by atoms with Crippen LogP contribution in [-0.2, 0) is 0 Å². The molecule has 0 aliphatic heterocycles. The fourth-order valence-electron chi connectivity index (χ4n) is 2.28. The molecule has 0 bridgehead atoms. The Balaban J connectivity index is 2.02. The number of thiophene rings is 1. The van der Waals surface area contributed by atoms with Crippen molar-refractivity contribution in [3.8, 4) is 11.8 Å². The molecule has 0 aromatic carbocycles. The first kappa shape index (κ1) is 13.1. The summed E-state index contributed by atoms with van der Waals surface area (Å²) in [4.78, 5) is 13.7. The highest BCUT2D eigenvalue weighted by molar-refractivity contribution is 7.14. The number of carbonyl (C=O) groups is 1. The smallest absolute Gasteiger partial charge is 0.261 e. The molecule has 1 aliphatic rings. The van der Waals surface area contributed by atoms with Crippen molar-refractivity contribution in [2.45, 2.75) is 38.1 Å². The average molecular weight is 262 g/mol. The molecule has 0 saturated heterocycles. The van der Waals surface area contributed by atoms with Crippen LogP contribution in [0.3, 0.4) is 0 Å². The fourth-order valence-corrected chi connectivity index (χ4v) is 3.06. The van der Waals surface area contributed by atoms with Gasteiger partial charge in [0, 0.05) is 5.54 Å². The van der Waals surface area contributed by atoms with Crippen LogP contribution in [0.4, 0.5) is 0 Å². The quantitative estimate of drug-likeness (QED) is 0.802. The Hall–Kier alpha value is -1.31. The van der Waals surface area contributed by atoms with Gasteiger partial charge in [-0.05, 0) is 31.9 Å². The van der Waals surface area contributed by atoms with E-state index >= 15 is 0 Å².